The fourth-order valence-electron chi connectivity index (χ4n) is 2.50. The van der Waals surface area contributed by atoms with Gasteiger partial charge in [0.2, 0.25) is 5.91 Å². The summed E-state index contributed by atoms with van der Waals surface area (Å²) in [7, 11) is -0.958. The van der Waals surface area contributed by atoms with Crippen LogP contribution in [0.1, 0.15) is 32.0 Å². The average molecular weight is 329 g/mol. The summed E-state index contributed by atoms with van der Waals surface area (Å²) in [4.78, 5) is 14.3. The highest BCUT2D eigenvalue weighted by atomic mass is 35.5. The lowest BCUT2D eigenvalue weighted by Gasteiger charge is -2.26. The first-order chi connectivity index (χ1) is 9.93. The highest BCUT2D eigenvalue weighted by Gasteiger charge is 2.39. The molecule has 0 saturated carbocycles. The van der Waals surface area contributed by atoms with Crippen molar-refractivity contribution < 1.29 is 9.00 Å². The second-order valence-electron chi connectivity index (χ2n) is 5.38. The molecule has 4 nitrogen and oxygen atoms in total. The van der Waals surface area contributed by atoms with Gasteiger partial charge in [-0.05, 0) is 31.0 Å². The van der Waals surface area contributed by atoms with Crippen LogP contribution >= 0.6 is 11.6 Å². The van der Waals surface area contributed by atoms with E-state index in [1.807, 2.05) is 38.1 Å². The summed E-state index contributed by atoms with van der Waals surface area (Å²) < 4.78 is 11.6. The van der Waals surface area contributed by atoms with Gasteiger partial charge in [0.25, 0.3) is 0 Å². The van der Waals surface area contributed by atoms with Gasteiger partial charge in [0.1, 0.15) is 6.17 Å². The molecule has 116 valence electrons. The van der Waals surface area contributed by atoms with Crippen LogP contribution in [-0.4, -0.2) is 39.1 Å². The largest absolute Gasteiger partial charge is 0.320 e. The standard InChI is InChI=1S/C15H21ClN2O2S/c1-4-13-15(19)18(9-10(2)21(3)20)14(17-13)11-6-5-7-12(16)8-11/h5-8,10,13-14,17H,4,9H2,1-3H3. The summed E-state index contributed by atoms with van der Waals surface area (Å²) in [6.45, 7) is 4.36. The molecule has 0 radical (unpaired) electrons. The molecule has 6 heteroatoms. The Bertz CT molecular complexity index is 552. The molecule has 4 atom stereocenters. The average Bonchev–Trinajstić information content (AvgIpc) is 2.75. The van der Waals surface area contributed by atoms with Crippen LogP contribution in [0.3, 0.4) is 0 Å². The van der Waals surface area contributed by atoms with Gasteiger partial charge in [0, 0.05) is 33.9 Å². The Labute approximate surface area is 133 Å². The van der Waals surface area contributed by atoms with Gasteiger partial charge in [-0.2, -0.15) is 0 Å². The summed E-state index contributed by atoms with van der Waals surface area (Å²) >= 11 is 6.05. The zero-order chi connectivity index (χ0) is 15.6. The molecular formula is C15H21ClN2O2S. The van der Waals surface area contributed by atoms with Crippen LogP contribution in [0, 0.1) is 0 Å². The minimum Gasteiger partial charge on any atom is -0.320 e. The molecule has 0 aromatic heterocycles. The zero-order valence-electron chi connectivity index (χ0n) is 12.5. The summed E-state index contributed by atoms with van der Waals surface area (Å²) in [6.07, 6.45) is 2.20. The minimum absolute atomic E-state index is 0.0620. The predicted octanol–water partition coefficient (Wildman–Crippen LogP) is 2.32. The Kier molecular flexibility index (Phi) is 5.41. The molecule has 1 saturated heterocycles. The van der Waals surface area contributed by atoms with Crippen molar-refractivity contribution >= 4 is 28.3 Å². The van der Waals surface area contributed by atoms with Gasteiger partial charge >= 0.3 is 0 Å². The SMILES string of the molecule is CCC1NC(c2cccc(Cl)c2)N(CC(C)S(C)=O)C1=O. The normalized spacial score (nSPS) is 25.1. The number of carbonyl (C=O) groups excluding carboxylic acids is 1. The molecule has 1 aromatic rings. The topological polar surface area (TPSA) is 49.4 Å². The van der Waals surface area contributed by atoms with Gasteiger partial charge in [-0.3, -0.25) is 14.3 Å². The smallest absolute Gasteiger partial charge is 0.241 e. The molecule has 1 amide bonds. The van der Waals surface area contributed by atoms with E-state index >= 15 is 0 Å². The number of nitrogens with one attached hydrogen (secondary N) is 1. The summed E-state index contributed by atoms with van der Waals surface area (Å²) in [6, 6.07) is 7.32. The molecule has 1 fully saturated rings. The minimum atomic E-state index is -0.958. The summed E-state index contributed by atoms with van der Waals surface area (Å²) in [5, 5.41) is 3.93. The van der Waals surface area contributed by atoms with Crippen LogP contribution in [0.5, 0.6) is 0 Å². The van der Waals surface area contributed by atoms with E-state index in [0.717, 1.165) is 12.0 Å². The monoisotopic (exact) mass is 328 g/mol. The van der Waals surface area contributed by atoms with E-state index in [2.05, 4.69) is 5.32 Å². The highest BCUT2D eigenvalue weighted by molar-refractivity contribution is 7.84. The first-order valence-corrected chi connectivity index (χ1v) is 9.08. The molecule has 1 heterocycles. The van der Waals surface area contributed by atoms with Gasteiger partial charge in [-0.15, -0.1) is 0 Å². The molecular weight excluding hydrogens is 308 g/mol. The molecule has 4 unspecified atom stereocenters. The number of carbonyl (C=O) groups is 1. The Morgan fingerprint density at radius 2 is 2.19 bits per heavy atom. The van der Waals surface area contributed by atoms with Crippen LogP contribution in [0.4, 0.5) is 0 Å². The molecule has 2 rings (SSSR count). The van der Waals surface area contributed by atoms with Crippen molar-refractivity contribution in [2.45, 2.75) is 37.7 Å². The Morgan fingerprint density at radius 1 is 1.48 bits per heavy atom. The van der Waals surface area contributed by atoms with Crippen LogP contribution < -0.4 is 5.32 Å². The van der Waals surface area contributed by atoms with Crippen molar-refractivity contribution in [3.8, 4) is 0 Å². The van der Waals surface area contributed by atoms with Crippen molar-refractivity contribution in [1.82, 2.24) is 10.2 Å². The lowest BCUT2D eigenvalue weighted by atomic mass is 10.1. The fourth-order valence-corrected chi connectivity index (χ4v) is 3.07. The van der Waals surface area contributed by atoms with Gasteiger partial charge in [0.15, 0.2) is 0 Å². The molecule has 0 aliphatic carbocycles. The summed E-state index contributed by atoms with van der Waals surface area (Å²) in [5.74, 6) is 0.0692. The van der Waals surface area contributed by atoms with E-state index in [0.29, 0.717) is 11.6 Å². The third-order valence-electron chi connectivity index (χ3n) is 3.85. The number of benzene rings is 1. The van der Waals surface area contributed by atoms with Crippen molar-refractivity contribution in [3.63, 3.8) is 0 Å². The Morgan fingerprint density at radius 3 is 2.76 bits per heavy atom. The molecule has 1 N–H and O–H groups in total. The lowest BCUT2D eigenvalue weighted by molar-refractivity contribution is -0.130. The highest BCUT2D eigenvalue weighted by Crippen LogP contribution is 2.28. The molecule has 1 aromatic carbocycles. The third kappa shape index (κ3) is 3.65. The number of hydrogen-bond donors (Lipinski definition) is 1. The number of hydrogen-bond acceptors (Lipinski definition) is 3. The third-order valence-corrected chi connectivity index (χ3v) is 5.36. The molecule has 21 heavy (non-hydrogen) atoms. The molecule has 0 bridgehead atoms. The second kappa shape index (κ2) is 6.90. The van der Waals surface area contributed by atoms with Crippen LogP contribution in [0.2, 0.25) is 5.02 Å². The van der Waals surface area contributed by atoms with Crippen molar-refractivity contribution in [3.05, 3.63) is 34.9 Å². The van der Waals surface area contributed by atoms with Gasteiger partial charge < -0.3 is 4.90 Å². The molecule has 0 spiro atoms. The maximum absolute atomic E-state index is 12.5. The predicted molar refractivity (Wildman–Crippen MR) is 86.6 cm³/mol. The van der Waals surface area contributed by atoms with E-state index < -0.39 is 10.8 Å². The van der Waals surface area contributed by atoms with Crippen LogP contribution in [0.25, 0.3) is 0 Å². The second-order valence-corrected chi connectivity index (χ2v) is 7.62. The summed E-state index contributed by atoms with van der Waals surface area (Å²) in [5.41, 5.74) is 0.959. The maximum atomic E-state index is 12.5. The number of halogens is 1. The van der Waals surface area contributed by atoms with E-state index in [1.165, 1.54) is 0 Å². The van der Waals surface area contributed by atoms with E-state index in [1.54, 1.807) is 11.2 Å². The van der Waals surface area contributed by atoms with Crippen LogP contribution in [0.15, 0.2) is 24.3 Å². The van der Waals surface area contributed by atoms with Gasteiger partial charge in [-0.1, -0.05) is 30.7 Å². The van der Waals surface area contributed by atoms with Crippen molar-refractivity contribution in [2.24, 2.45) is 0 Å². The first kappa shape index (κ1) is 16.5. The van der Waals surface area contributed by atoms with E-state index in [9.17, 15) is 9.00 Å². The number of rotatable bonds is 5. The Balaban J connectivity index is 2.28. The first-order valence-electron chi connectivity index (χ1n) is 7.08. The Hall–Kier alpha value is -0.910. The molecule has 1 aliphatic heterocycles. The zero-order valence-corrected chi connectivity index (χ0v) is 14.1. The molecule has 1 aliphatic rings. The van der Waals surface area contributed by atoms with Gasteiger partial charge in [-0.25, -0.2) is 0 Å². The van der Waals surface area contributed by atoms with Crippen molar-refractivity contribution in [1.29, 1.82) is 0 Å². The van der Waals surface area contributed by atoms with E-state index in [4.69, 9.17) is 11.6 Å². The van der Waals surface area contributed by atoms with Crippen molar-refractivity contribution in [2.75, 3.05) is 12.8 Å². The number of amides is 1. The fraction of sp³-hybridized carbons (Fsp3) is 0.533. The number of nitrogens with zero attached hydrogens (tertiary/aromatic N) is 1. The maximum Gasteiger partial charge on any atom is 0.241 e. The lowest BCUT2D eigenvalue weighted by Crippen LogP contribution is -2.37. The van der Waals surface area contributed by atoms with Crippen LogP contribution in [-0.2, 0) is 15.6 Å². The van der Waals surface area contributed by atoms with Gasteiger partial charge in [0.05, 0.1) is 6.04 Å². The van der Waals surface area contributed by atoms with E-state index in [-0.39, 0.29) is 23.4 Å². The quantitative estimate of drug-likeness (QED) is 0.902.